The first-order chi connectivity index (χ1) is 21.2. The zero-order valence-electron chi connectivity index (χ0n) is 24.7. The minimum Gasteiger partial charge on any atom is -0.461 e. The van der Waals surface area contributed by atoms with Crippen LogP contribution in [0, 0.1) is 0 Å². The summed E-state index contributed by atoms with van der Waals surface area (Å²) in [6.07, 6.45) is 10.3. The number of aromatic nitrogens is 6. The maximum atomic E-state index is 6.48. The molecule has 3 aliphatic heterocycles. The fraction of sp³-hybridized carbons (Fsp3) is 0.424. The van der Waals surface area contributed by atoms with Gasteiger partial charge in [0, 0.05) is 35.6 Å². The summed E-state index contributed by atoms with van der Waals surface area (Å²) in [5, 5.41) is 10.7. The maximum absolute atomic E-state index is 6.48. The molecule has 2 aromatic carbocycles. The number of hydrogen-bond acceptors (Lipinski definition) is 9. The van der Waals surface area contributed by atoms with Gasteiger partial charge in [0.15, 0.2) is 5.82 Å². The summed E-state index contributed by atoms with van der Waals surface area (Å²) in [4.78, 5) is 24.0. The van der Waals surface area contributed by atoms with Crippen molar-refractivity contribution in [3.05, 3.63) is 77.5 Å². The van der Waals surface area contributed by atoms with Gasteiger partial charge in [-0.2, -0.15) is 15.0 Å². The van der Waals surface area contributed by atoms with Gasteiger partial charge in [-0.05, 0) is 74.7 Å². The number of benzene rings is 2. The average molecular weight is 576 g/mol. The van der Waals surface area contributed by atoms with Crippen LogP contribution in [0.25, 0.3) is 16.6 Å². The molecule has 3 aromatic heterocycles. The second-order valence-corrected chi connectivity index (χ2v) is 12.1. The molecule has 10 heteroatoms. The van der Waals surface area contributed by atoms with Crippen LogP contribution < -0.4 is 15.0 Å². The smallest absolute Gasteiger partial charge is 0.318 e. The van der Waals surface area contributed by atoms with Crippen molar-refractivity contribution in [2.24, 2.45) is 0 Å². The molecule has 0 aliphatic carbocycles. The summed E-state index contributed by atoms with van der Waals surface area (Å²) in [5.41, 5.74) is 4.93. The third-order valence-corrected chi connectivity index (χ3v) is 9.59. The van der Waals surface area contributed by atoms with Crippen molar-refractivity contribution in [2.45, 2.75) is 64.1 Å². The fourth-order valence-corrected chi connectivity index (χ4v) is 7.45. The lowest BCUT2D eigenvalue weighted by Gasteiger charge is -2.33. The van der Waals surface area contributed by atoms with E-state index in [0.717, 1.165) is 36.5 Å². The first-order valence-corrected chi connectivity index (χ1v) is 15.6. The average Bonchev–Trinajstić information content (AvgIpc) is 3.76. The van der Waals surface area contributed by atoms with Gasteiger partial charge in [-0.1, -0.05) is 37.3 Å². The maximum Gasteiger partial charge on any atom is 0.318 e. The van der Waals surface area contributed by atoms with E-state index in [1.165, 1.54) is 60.8 Å². The van der Waals surface area contributed by atoms with E-state index in [-0.39, 0.29) is 5.54 Å². The van der Waals surface area contributed by atoms with Crippen molar-refractivity contribution in [3.63, 3.8) is 0 Å². The number of ether oxygens (including phenoxy) is 1. The Balaban J connectivity index is 1.12. The Morgan fingerprint density at radius 1 is 0.977 bits per heavy atom. The topological polar surface area (TPSA) is 96.6 Å². The quantitative estimate of drug-likeness (QED) is 0.280. The highest BCUT2D eigenvalue weighted by molar-refractivity contribution is 5.97. The summed E-state index contributed by atoms with van der Waals surface area (Å²) in [6, 6.07) is 15.6. The van der Waals surface area contributed by atoms with Crippen LogP contribution in [-0.2, 0) is 25.9 Å². The number of aryl methyl sites for hydroxylation is 1. The van der Waals surface area contributed by atoms with E-state index in [1.807, 2.05) is 12.3 Å². The molecule has 0 unspecified atom stereocenters. The SMILES string of the molecule is CCc1cccc2cccc(N3CCc4c(nc(OCC56CCCN5CCC6)nc4NCc4nc5ncccn5n4)C3)c12. The summed E-state index contributed by atoms with van der Waals surface area (Å²) < 4.78 is 8.18. The highest BCUT2D eigenvalue weighted by Gasteiger charge is 2.45. The molecule has 43 heavy (non-hydrogen) atoms. The predicted molar refractivity (Wildman–Crippen MR) is 166 cm³/mol. The lowest BCUT2D eigenvalue weighted by Crippen LogP contribution is -2.43. The van der Waals surface area contributed by atoms with Gasteiger partial charge in [0.05, 0.1) is 24.3 Å². The molecular weight excluding hydrogens is 538 g/mol. The second-order valence-electron chi connectivity index (χ2n) is 12.1. The minimum absolute atomic E-state index is 0.131. The largest absolute Gasteiger partial charge is 0.461 e. The van der Waals surface area contributed by atoms with Crippen LogP contribution in [0.5, 0.6) is 6.01 Å². The molecule has 5 aromatic rings. The van der Waals surface area contributed by atoms with Gasteiger partial charge in [-0.3, -0.25) is 4.90 Å². The third-order valence-electron chi connectivity index (χ3n) is 9.59. The molecule has 0 amide bonds. The monoisotopic (exact) mass is 575 g/mol. The molecule has 6 heterocycles. The highest BCUT2D eigenvalue weighted by atomic mass is 16.5. The van der Waals surface area contributed by atoms with Crippen molar-refractivity contribution in [1.82, 2.24) is 34.4 Å². The molecule has 3 aliphatic rings. The van der Waals surface area contributed by atoms with Crippen LogP contribution >= 0.6 is 0 Å². The number of nitrogens with zero attached hydrogens (tertiary/aromatic N) is 8. The molecule has 2 fully saturated rings. The number of fused-ring (bicyclic) bond motifs is 4. The first kappa shape index (κ1) is 26.3. The molecule has 0 bridgehead atoms. The highest BCUT2D eigenvalue weighted by Crippen LogP contribution is 2.39. The Morgan fingerprint density at radius 2 is 1.84 bits per heavy atom. The molecule has 2 saturated heterocycles. The zero-order chi connectivity index (χ0) is 28.8. The van der Waals surface area contributed by atoms with Gasteiger partial charge < -0.3 is 15.0 Å². The van der Waals surface area contributed by atoms with Gasteiger partial charge in [-0.15, -0.1) is 5.10 Å². The summed E-state index contributed by atoms with van der Waals surface area (Å²) in [7, 11) is 0. The Labute approximate surface area is 251 Å². The van der Waals surface area contributed by atoms with Gasteiger partial charge in [0.2, 0.25) is 0 Å². The molecule has 0 atom stereocenters. The standard InChI is InChI=1S/C33H37N9O/c1-2-23-8-3-9-24-10-4-11-27(29(23)24)40-19-12-25-26(21-40)36-32(43-22-33-13-5-16-41(33)17-6-14-33)38-30(25)35-20-28-37-31-34-15-7-18-42(31)39-28/h3-4,7-11,15,18H,2,5-6,12-14,16-17,19-22H2,1H3,(H,35,36,38). The van der Waals surface area contributed by atoms with Gasteiger partial charge in [-0.25, -0.2) is 9.50 Å². The lowest BCUT2D eigenvalue weighted by molar-refractivity contribution is 0.107. The predicted octanol–water partition coefficient (Wildman–Crippen LogP) is 4.81. The molecular formula is C33H37N9O. The second kappa shape index (κ2) is 10.8. The van der Waals surface area contributed by atoms with Gasteiger partial charge >= 0.3 is 6.01 Å². The Bertz CT molecular complexity index is 1750. The van der Waals surface area contributed by atoms with Gasteiger partial charge in [0.25, 0.3) is 5.78 Å². The van der Waals surface area contributed by atoms with E-state index in [9.17, 15) is 0 Å². The van der Waals surface area contributed by atoms with Crippen molar-refractivity contribution >= 4 is 28.1 Å². The van der Waals surface area contributed by atoms with E-state index >= 15 is 0 Å². The summed E-state index contributed by atoms with van der Waals surface area (Å²) in [5.74, 6) is 2.06. The number of rotatable bonds is 8. The number of anilines is 2. The Morgan fingerprint density at radius 3 is 2.67 bits per heavy atom. The van der Waals surface area contributed by atoms with E-state index in [2.05, 4.69) is 73.5 Å². The molecule has 0 radical (unpaired) electrons. The molecule has 10 nitrogen and oxygen atoms in total. The first-order valence-electron chi connectivity index (χ1n) is 15.6. The van der Waals surface area contributed by atoms with Gasteiger partial charge in [0.1, 0.15) is 12.4 Å². The third kappa shape index (κ3) is 4.74. The lowest BCUT2D eigenvalue weighted by atomic mass is 9.95. The van der Waals surface area contributed by atoms with Crippen LogP contribution in [0.2, 0.25) is 0 Å². The Kier molecular flexibility index (Phi) is 6.58. The number of hydrogen-bond donors (Lipinski definition) is 1. The molecule has 0 spiro atoms. The van der Waals surface area contributed by atoms with E-state index in [4.69, 9.17) is 14.7 Å². The normalized spacial score (nSPS) is 17.8. The Hall–Kier alpha value is -4.31. The minimum atomic E-state index is 0.131. The van der Waals surface area contributed by atoms with Crippen LogP contribution in [0.15, 0.2) is 54.9 Å². The molecule has 220 valence electrons. The van der Waals surface area contributed by atoms with Crippen molar-refractivity contribution in [1.29, 1.82) is 0 Å². The van der Waals surface area contributed by atoms with Crippen LogP contribution in [0.4, 0.5) is 11.5 Å². The summed E-state index contributed by atoms with van der Waals surface area (Å²) >= 11 is 0. The molecule has 8 rings (SSSR count). The van der Waals surface area contributed by atoms with Crippen LogP contribution in [-0.4, -0.2) is 66.2 Å². The zero-order valence-corrected chi connectivity index (χ0v) is 24.7. The van der Waals surface area contributed by atoms with E-state index in [0.29, 0.717) is 37.3 Å². The molecule has 1 N–H and O–H groups in total. The molecule has 0 saturated carbocycles. The number of nitrogens with one attached hydrogen (secondary N) is 1. The fourth-order valence-electron chi connectivity index (χ4n) is 7.45. The van der Waals surface area contributed by atoms with Crippen molar-refractivity contribution < 1.29 is 4.74 Å². The van der Waals surface area contributed by atoms with E-state index < -0.39 is 0 Å². The van der Waals surface area contributed by atoms with Crippen LogP contribution in [0.3, 0.4) is 0 Å². The van der Waals surface area contributed by atoms with Crippen LogP contribution in [0.1, 0.15) is 55.3 Å². The van der Waals surface area contributed by atoms with Crippen molar-refractivity contribution in [3.8, 4) is 6.01 Å². The van der Waals surface area contributed by atoms with E-state index in [1.54, 1.807) is 10.7 Å². The summed E-state index contributed by atoms with van der Waals surface area (Å²) in [6.45, 7) is 7.23. The van der Waals surface area contributed by atoms with Crippen molar-refractivity contribution in [2.75, 3.05) is 36.5 Å².